The molecule has 0 aliphatic carbocycles. The van der Waals surface area contributed by atoms with Crippen molar-refractivity contribution in [3.8, 4) is 11.5 Å². The van der Waals surface area contributed by atoms with Gasteiger partial charge in [-0.25, -0.2) is 17.9 Å². The number of aromatic nitrogens is 4. The number of imidazole rings is 1. The molecule has 7 nitrogen and oxygen atoms in total. The number of aryl methyl sites for hydroxylation is 1. The Balaban J connectivity index is 1.57. The Morgan fingerprint density at radius 3 is 2.92 bits per heavy atom. The minimum atomic E-state index is -3.16. The normalized spacial score (nSPS) is 19.2. The second-order valence-electron chi connectivity index (χ2n) is 6.84. The fourth-order valence-corrected chi connectivity index (χ4v) is 5.04. The van der Waals surface area contributed by atoms with Crippen LogP contribution in [0.1, 0.15) is 25.7 Å². The molecule has 0 spiro atoms. The lowest BCUT2D eigenvalue weighted by molar-refractivity contribution is 0.235. The van der Waals surface area contributed by atoms with Gasteiger partial charge in [-0.2, -0.15) is 9.40 Å². The molecule has 1 aliphatic heterocycles. The maximum atomic E-state index is 12.1. The topological polar surface area (TPSA) is 72.5 Å². The quantitative estimate of drug-likeness (QED) is 0.688. The van der Waals surface area contributed by atoms with Crippen molar-refractivity contribution in [2.75, 3.05) is 12.8 Å². The Morgan fingerprint density at radius 2 is 2.08 bits per heavy atom. The molecule has 1 aliphatic rings. The van der Waals surface area contributed by atoms with Crippen LogP contribution in [0.2, 0.25) is 0 Å². The third kappa shape index (κ3) is 3.26. The molecule has 8 heteroatoms. The van der Waals surface area contributed by atoms with E-state index in [1.807, 2.05) is 35.0 Å². The summed E-state index contributed by atoms with van der Waals surface area (Å²) in [5, 5.41) is 4.39. The molecule has 0 amide bonds. The van der Waals surface area contributed by atoms with Crippen LogP contribution in [0.3, 0.4) is 0 Å². The number of pyridine rings is 1. The molecular formula is C18H23N5O2S. The molecule has 4 heterocycles. The van der Waals surface area contributed by atoms with E-state index < -0.39 is 10.0 Å². The number of nitrogens with zero attached hydrogens (tertiary/aromatic N) is 5. The first-order chi connectivity index (χ1) is 12.5. The van der Waals surface area contributed by atoms with Crippen LogP contribution in [0.5, 0.6) is 0 Å². The van der Waals surface area contributed by atoms with E-state index in [1.54, 1.807) is 16.7 Å². The zero-order valence-corrected chi connectivity index (χ0v) is 15.6. The van der Waals surface area contributed by atoms with Gasteiger partial charge in [0.05, 0.1) is 18.0 Å². The van der Waals surface area contributed by atoms with Gasteiger partial charge in [0, 0.05) is 31.5 Å². The molecule has 3 aromatic rings. The van der Waals surface area contributed by atoms with E-state index in [1.165, 1.54) is 6.26 Å². The van der Waals surface area contributed by atoms with Crippen LogP contribution >= 0.6 is 0 Å². The van der Waals surface area contributed by atoms with Gasteiger partial charge in [0.1, 0.15) is 5.69 Å². The molecule has 1 atom stereocenters. The first kappa shape index (κ1) is 17.2. The van der Waals surface area contributed by atoms with Gasteiger partial charge in [0.2, 0.25) is 10.0 Å². The molecule has 138 valence electrons. The first-order valence-electron chi connectivity index (χ1n) is 8.95. The van der Waals surface area contributed by atoms with Crippen molar-refractivity contribution in [3.63, 3.8) is 0 Å². The Morgan fingerprint density at radius 1 is 1.19 bits per heavy atom. The van der Waals surface area contributed by atoms with Gasteiger partial charge in [-0.15, -0.1) is 0 Å². The van der Waals surface area contributed by atoms with Crippen LogP contribution in [0.4, 0.5) is 0 Å². The van der Waals surface area contributed by atoms with E-state index in [4.69, 9.17) is 0 Å². The van der Waals surface area contributed by atoms with Crippen LogP contribution in [0.15, 0.2) is 42.9 Å². The molecular weight excluding hydrogens is 350 g/mol. The third-order valence-corrected chi connectivity index (χ3v) is 6.40. The number of sulfonamides is 1. The van der Waals surface area contributed by atoms with Crippen LogP contribution in [0, 0.1) is 0 Å². The van der Waals surface area contributed by atoms with Gasteiger partial charge in [0.15, 0.2) is 5.82 Å². The van der Waals surface area contributed by atoms with E-state index in [-0.39, 0.29) is 6.04 Å². The Labute approximate surface area is 153 Å². The lowest BCUT2D eigenvalue weighted by Gasteiger charge is -2.33. The summed E-state index contributed by atoms with van der Waals surface area (Å²) in [6, 6.07) is 8.04. The van der Waals surface area contributed by atoms with Crippen molar-refractivity contribution in [2.45, 2.75) is 38.3 Å². The van der Waals surface area contributed by atoms with Crippen LogP contribution in [-0.2, 0) is 16.6 Å². The first-order valence-corrected chi connectivity index (χ1v) is 10.8. The average molecular weight is 373 g/mol. The van der Waals surface area contributed by atoms with Crippen molar-refractivity contribution in [2.24, 2.45) is 0 Å². The molecule has 26 heavy (non-hydrogen) atoms. The number of fused-ring (bicyclic) bond motifs is 1. The maximum Gasteiger partial charge on any atom is 0.211 e. The molecule has 1 unspecified atom stereocenters. The number of rotatable bonds is 5. The van der Waals surface area contributed by atoms with Crippen LogP contribution in [0.25, 0.3) is 17.0 Å². The van der Waals surface area contributed by atoms with E-state index in [0.29, 0.717) is 6.54 Å². The van der Waals surface area contributed by atoms with E-state index in [2.05, 4.69) is 14.6 Å². The lowest BCUT2D eigenvalue weighted by Crippen LogP contribution is -2.43. The summed E-state index contributed by atoms with van der Waals surface area (Å²) in [6.07, 6.45) is 10.6. The number of hydrogen-bond donors (Lipinski definition) is 0. The largest absolute Gasteiger partial charge is 0.330 e. The highest BCUT2D eigenvalue weighted by molar-refractivity contribution is 7.88. The summed E-state index contributed by atoms with van der Waals surface area (Å²) in [5.74, 6) is 0.848. The monoisotopic (exact) mass is 373 g/mol. The predicted octanol–water partition coefficient (Wildman–Crippen LogP) is 2.40. The Bertz CT molecular complexity index is 1010. The maximum absolute atomic E-state index is 12.1. The van der Waals surface area contributed by atoms with E-state index in [9.17, 15) is 8.42 Å². The van der Waals surface area contributed by atoms with E-state index >= 15 is 0 Å². The lowest BCUT2D eigenvalue weighted by atomic mass is 10.0. The SMILES string of the molecule is CS(=O)(=O)N1CCCCC1CCn1ccnc1-c1cccc2ccnn12. The summed E-state index contributed by atoms with van der Waals surface area (Å²) < 4.78 is 29.8. The smallest absolute Gasteiger partial charge is 0.211 e. The highest BCUT2D eigenvalue weighted by Gasteiger charge is 2.29. The minimum absolute atomic E-state index is 0.0643. The summed E-state index contributed by atoms with van der Waals surface area (Å²) in [7, 11) is -3.16. The summed E-state index contributed by atoms with van der Waals surface area (Å²) in [4.78, 5) is 4.52. The predicted molar refractivity (Wildman–Crippen MR) is 100 cm³/mol. The van der Waals surface area contributed by atoms with Crippen molar-refractivity contribution >= 4 is 15.5 Å². The molecule has 0 N–H and O–H groups in total. The van der Waals surface area contributed by atoms with Crippen molar-refractivity contribution in [1.29, 1.82) is 0 Å². The standard InChI is InChI=1S/C18H23N5O2S/c1-26(24,25)22-12-3-2-5-15(22)9-13-21-14-11-19-18(21)17-7-4-6-16-8-10-20-23(16)17/h4,6-8,10-11,14-15H,2-3,5,9,12-13H2,1H3. The molecule has 3 aromatic heterocycles. The van der Waals surface area contributed by atoms with Gasteiger partial charge in [0.25, 0.3) is 0 Å². The zero-order valence-electron chi connectivity index (χ0n) is 14.8. The Kier molecular flexibility index (Phi) is 4.54. The Hall–Kier alpha value is -2.19. The number of hydrogen-bond acceptors (Lipinski definition) is 4. The van der Waals surface area contributed by atoms with Crippen molar-refractivity contribution in [3.05, 3.63) is 42.9 Å². The molecule has 1 saturated heterocycles. The van der Waals surface area contributed by atoms with Crippen LogP contribution in [-0.4, -0.2) is 50.7 Å². The van der Waals surface area contributed by atoms with Crippen molar-refractivity contribution < 1.29 is 8.42 Å². The third-order valence-electron chi connectivity index (χ3n) is 5.07. The highest BCUT2D eigenvalue weighted by Crippen LogP contribution is 2.24. The summed E-state index contributed by atoms with van der Waals surface area (Å²) >= 11 is 0. The molecule has 0 radical (unpaired) electrons. The molecule has 0 bridgehead atoms. The average Bonchev–Trinajstić information content (AvgIpc) is 3.28. The van der Waals surface area contributed by atoms with E-state index in [0.717, 1.165) is 49.3 Å². The van der Waals surface area contributed by atoms with Gasteiger partial charge < -0.3 is 4.57 Å². The minimum Gasteiger partial charge on any atom is -0.330 e. The van der Waals surface area contributed by atoms with Crippen LogP contribution < -0.4 is 0 Å². The van der Waals surface area contributed by atoms with Gasteiger partial charge in [-0.1, -0.05) is 12.5 Å². The molecule has 0 aromatic carbocycles. The molecule has 0 saturated carbocycles. The van der Waals surface area contributed by atoms with Gasteiger partial charge in [-0.05, 0) is 37.5 Å². The molecule has 4 rings (SSSR count). The second kappa shape index (κ2) is 6.85. The fraction of sp³-hybridized carbons (Fsp3) is 0.444. The second-order valence-corrected chi connectivity index (χ2v) is 8.77. The zero-order chi connectivity index (χ0) is 18.1. The summed E-state index contributed by atoms with van der Waals surface area (Å²) in [6.45, 7) is 1.36. The molecule has 1 fully saturated rings. The highest BCUT2D eigenvalue weighted by atomic mass is 32.2. The van der Waals surface area contributed by atoms with Gasteiger partial charge >= 0.3 is 0 Å². The van der Waals surface area contributed by atoms with Crippen molar-refractivity contribution in [1.82, 2.24) is 23.5 Å². The fourth-order valence-electron chi connectivity index (χ4n) is 3.83. The number of piperidine rings is 1. The summed E-state index contributed by atoms with van der Waals surface area (Å²) in [5.41, 5.74) is 1.95. The van der Waals surface area contributed by atoms with Gasteiger partial charge in [-0.3, -0.25) is 0 Å².